The molecule has 6 heteroatoms. The zero-order valence-corrected chi connectivity index (χ0v) is 18.9. The summed E-state index contributed by atoms with van der Waals surface area (Å²) in [6, 6.07) is 15.6. The van der Waals surface area contributed by atoms with E-state index in [-0.39, 0.29) is 18.3 Å². The van der Waals surface area contributed by atoms with E-state index in [0.29, 0.717) is 23.1 Å². The Morgan fingerprint density at radius 3 is 2.69 bits per heavy atom. The lowest BCUT2D eigenvalue weighted by atomic mass is 10.0. The number of fused-ring (bicyclic) bond motifs is 2. The standard InChI is InChI=1S/C26H27NO4S/c28-24(27-15-14-18-8-4-6-12-22(18)27)16-30-26(29)25-21(17-32-19-9-2-1-3-10-19)20-11-5-7-13-23(20)31-25/h4-8,11-13,19H,1-3,9-10,14-17H2. The second kappa shape index (κ2) is 9.41. The second-order valence-corrected chi connectivity index (χ2v) is 9.77. The van der Waals surface area contributed by atoms with Crippen molar-refractivity contribution < 1.29 is 18.7 Å². The Hall–Kier alpha value is -2.73. The van der Waals surface area contributed by atoms with Crippen LogP contribution in [0.3, 0.4) is 0 Å². The first-order chi connectivity index (χ1) is 15.7. The summed E-state index contributed by atoms with van der Waals surface area (Å²) in [7, 11) is 0. The summed E-state index contributed by atoms with van der Waals surface area (Å²) < 4.78 is 11.3. The molecule has 1 fully saturated rings. The van der Waals surface area contributed by atoms with Gasteiger partial charge >= 0.3 is 5.97 Å². The summed E-state index contributed by atoms with van der Waals surface area (Å²) in [6.07, 6.45) is 7.15. The normalized spacial score (nSPS) is 16.3. The smallest absolute Gasteiger partial charge is 0.375 e. The van der Waals surface area contributed by atoms with E-state index in [0.717, 1.165) is 28.6 Å². The average Bonchev–Trinajstić information content (AvgIpc) is 3.43. The van der Waals surface area contributed by atoms with E-state index >= 15 is 0 Å². The Balaban J connectivity index is 1.29. The van der Waals surface area contributed by atoms with Crippen molar-refractivity contribution in [2.45, 2.75) is 49.5 Å². The van der Waals surface area contributed by atoms with Gasteiger partial charge in [0.15, 0.2) is 6.61 Å². The average molecular weight is 450 g/mol. The summed E-state index contributed by atoms with van der Waals surface area (Å²) in [5.74, 6) is 0.155. The fourth-order valence-electron chi connectivity index (χ4n) is 4.71. The van der Waals surface area contributed by atoms with Gasteiger partial charge < -0.3 is 14.1 Å². The number of carbonyl (C=O) groups excluding carboxylic acids is 2. The number of rotatable bonds is 6. The van der Waals surface area contributed by atoms with E-state index in [1.165, 1.54) is 32.1 Å². The molecule has 166 valence electrons. The molecule has 0 radical (unpaired) electrons. The number of nitrogens with zero attached hydrogens (tertiary/aromatic N) is 1. The number of benzene rings is 2. The first-order valence-corrected chi connectivity index (χ1v) is 12.4. The fraction of sp³-hybridized carbons (Fsp3) is 0.385. The minimum atomic E-state index is -0.568. The Kier molecular flexibility index (Phi) is 6.21. The highest BCUT2D eigenvalue weighted by Crippen LogP contribution is 2.35. The molecule has 5 nitrogen and oxygen atoms in total. The maximum absolute atomic E-state index is 13.0. The molecule has 0 unspecified atom stereocenters. The topological polar surface area (TPSA) is 59.8 Å². The van der Waals surface area contributed by atoms with Crippen LogP contribution in [0.5, 0.6) is 0 Å². The quantitative estimate of drug-likeness (QED) is 0.449. The Labute approximate surface area is 192 Å². The van der Waals surface area contributed by atoms with Crippen LogP contribution in [0.4, 0.5) is 5.69 Å². The number of esters is 1. The van der Waals surface area contributed by atoms with Gasteiger partial charge in [0.05, 0.1) is 0 Å². The van der Waals surface area contributed by atoms with Crippen molar-refractivity contribution in [3.05, 3.63) is 65.4 Å². The third-order valence-corrected chi connectivity index (χ3v) is 7.81. The lowest BCUT2D eigenvalue weighted by Gasteiger charge is -2.20. The van der Waals surface area contributed by atoms with Crippen LogP contribution in [0, 0.1) is 0 Å². The van der Waals surface area contributed by atoms with Crippen LogP contribution in [0.25, 0.3) is 11.0 Å². The van der Waals surface area contributed by atoms with Crippen LogP contribution < -0.4 is 4.90 Å². The van der Waals surface area contributed by atoms with E-state index in [9.17, 15) is 9.59 Å². The lowest BCUT2D eigenvalue weighted by Crippen LogP contribution is -2.33. The number of hydrogen-bond acceptors (Lipinski definition) is 5. The van der Waals surface area contributed by atoms with Crippen LogP contribution in [0.1, 0.15) is 53.8 Å². The molecule has 1 aliphatic carbocycles. The third-order valence-electron chi connectivity index (χ3n) is 6.41. The Morgan fingerprint density at radius 2 is 1.81 bits per heavy atom. The van der Waals surface area contributed by atoms with Crippen LogP contribution >= 0.6 is 11.8 Å². The van der Waals surface area contributed by atoms with E-state index in [4.69, 9.17) is 9.15 Å². The SMILES string of the molecule is O=C(OCC(=O)N1CCc2ccccc21)c1oc2ccccc2c1CSC1CCCCC1. The number of thioether (sulfide) groups is 1. The Bertz CT molecular complexity index is 1130. The maximum Gasteiger partial charge on any atom is 0.375 e. The van der Waals surface area contributed by atoms with Gasteiger partial charge in [-0.15, -0.1) is 0 Å². The highest BCUT2D eigenvalue weighted by molar-refractivity contribution is 7.99. The van der Waals surface area contributed by atoms with E-state index in [1.54, 1.807) is 4.90 Å². The van der Waals surface area contributed by atoms with Gasteiger partial charge in [0, 0.05) is 34.2 Å². The molecule has 2 aliphatic rings. The maximum atomic E-state index is 13.0. The molecule has 1 aromatic heterocycles. The van der Waals surface area contributed by atoms with Crippen molar-refractivity contribution in [1.82, 2.24) is 0 Å². The van der Waals surface area contributed by atoms with Crippen molar-refractivity contribution in [2.24, 2.45) is 0 Å². The monoisotopic (exact) mass is 449 g/mol. The molecule has 0 N–H and O–H groups in total. The van der Waals surface area contributed by atoms with Gasteiger partial charge in [0.2, 0.25) is 5.76 Å². The highest BCUT2D eigenvalue weighted by Gasteiger charge is 2.27. The number of furan rings is 1. The van der Waals surface area contributed by atoms with Crippen LogP contribution in [-0.2, 0) is 21.7 Å². The van der Waals surface area contributed by atoms with Gasteiger partial charge in [-0.05, 0) is 37.0 Å². The molecule has 0 saturated heterocycles. The van der Waals surface area contributed by atoms with Crippen LogP contribution in [0.2, 0.25) is 0 Å². The largest absolute Gasteiger partial charge is 0.450 e. The summed E-state index contributed by atoms with van der Waals surface area (Å²) in [6.45, 7) is 0.322. The number of para-hydroxylation sites is 2. The van der Waals surface area contributed by atoms with Gasteiger partial charge in [-0.1, -0.05) is 55.7 Å². The van der Waals surface area contributed by atoms with Crippen molar-refractivity contribution >= 4 is 40.3 Å². The molecule has 1 saturated carbocycles. The molecule has 0 atom stereocenters. The molecule has 2 aromatic carbocycles. The third kappa shape index (κ3) is 4.29. The fourth-order valence-corrected chi connectivity index (χ4v) is 6.06. The predicted octanol–water partition coefficient (Wildman–Crippen LogP) is 5.74. The van der Waals surface area contributed by atoms with Crippen molar-refractivity contribution in [3.8, 4) is 0 Å². The zero-order chi connectivity index (χ0) is 21.9. The van der Waals surface area contributed by atoms with Crippen molar-refractivity contribution in [1.29, 1.82) is 0 Å². The number of hydrogen-bond donors (Lipinski definition) is 0. The van der Waals surface area contributed by atoms with E-state index < -0.39 is 5.97 Å². The molecule has 1 amide bonds. The molecule has 0 bridgehead atoms. The van der Waals surface area contributed by atoms with Gasteiger partial charge in [-0.3, -0.25) is 4.79 Å². The number of ether oxygens (including phenoxy) is 1. The zero-order valence-electron chi connectivity index (χ0n) is 18.0. The molecule has 2 heterocycles. The number of carbonyl (C=O) groups is 2. The molecule has 5 rings (SSSR count). The molecular weight excluding hydrogens is 422 g/mol. The molecule has 3 aromatic rings. The second-order valence-electron chi connectivity index (χ2n) is 8.48. The lowest BCUT2D eigenvalue weighted by molar-refractivity contribution is -0.121. The van der Waals surface area contributed by atoms with E-state index in [2.05, 4.69) is 0 Å². The minimum absolute atomic E-state index is 0.211. The molecule has 0 spiro atoms. The number of anilines is 1. The summed E-state index contributed by atoms with van der Waals surface area (Å²) in [5.41, 5.74) is 3.60. The van der Waals surface area contributed by atoms with Crippen LogP contribution in [0.15, 0.2) is 52.9 Å². The summed E-state index contributed by atoms with van der Waals surface area (Å²) in [4.78, 5) is 27.4. The first kappa shape index (κ1) is 21.1. The molecular formula is C26H27NO4S. The summed E-state index contributed by atoms with van der Waals surface area (Å²) >= 11 is 1.90. The van der Waals surface area contributed by atoms with Gasteiger partial charge in [-0.25, -0.2) is 4.79 Å². The molecule has 32 heavy (non-hydrogen) atoms. The van der Waals surface area contributed by atoms with Crippen LogP contribution in [-0.4, -0.2) is 30.3 Å². The predicted molar refractivity (Wildman–Crippen MR) is 127 cm³/mol. The van der Waals surface area contributed by atoms with E-state index in [1.807, 2.05) is 60.3 Å². The molecule has 1 aliphatic heterocycles. The van der Waals surface area contributed by atoms with Gasteiger partial charge in [0.1, 0.15) is 5.58 Å². The van der Waals surface area contributed by atoms with Crippen molar-refractivity contribution in [3.63, 3.8) is 0 Å². The van der Waals surface area contributed by atoms with Crippen molar-refractivity contribution in [2.75, 3.05) is 18.1 Å². The highest BCUT2D eigenvalue weighted by atomic mass is 32.2. The summed E-state index contributed by atoms with van der Waals surface area (Å²) in [5, 5.41) is 1.57. The first-order valence-electron chi connectivity index (χ1n) is 11.4. The minimum Gasteiger partial charge on any atom is -0.450 e. The Morgan fingerprint density at radius 1 is 1.03 bits per heavy atom. The van der Waals surface area contributed by atoms with Gasteiger partial charge in [0.25, 0.3) is 5.91 Å². The number of amides is 1. The van der Waals surface area contributed by atoms with Gasteiger partial charge in [-0.2, -0.15) is 11.8 Å².